The van der Waals surface area contributed by atoms with Gasteiger partial charge in [-0.1, -0.05) is 222 Å². The average Bonchev–Trinajstić information content (AvgIpc) is 4.07. The van der Waals surface area contributed by atoms with Crippen LogP contribution in [0.1, 0.15) is 165 Å². The van der Waals surface area contributed by atoms with Crippen molar-refractivity contribution in [2.45, 2.75) is 148 Å². The highest BCUT2D eigenvalue weighted by atomic mass is 16.3. The minimum atomic E-state index is -0.231. The standard InChI is InChI=1S/C71H73NO/c1-7-9-11-13-15-24-40-71(41-25-16-14-12-10-8-2)59-30-22-20-28-52(59)55-37-33-48(43-63(55)71)47-32-36-53-54-38-34-49(44-61(54)69(3,4)60(53)42-47)58-46-64-66(67-57-29-21-23-31-65(57)73-68(58)67)56-39-35-51(45-62(56)70(64,5)6)72-50-26-18-17-19-27-50/h17-23,26-39,42-46,72H,7-16,24-25,40-41H2,1-6H3. The van der Waals surface area contributed by atoms with Gasteiger partial charge >= 0.3 is 0 Å². The summed E-state index contributed by atoms with van der Waals surface area (Å²) in [5.41, 5.74) is 25.6. The lowest BCUT2D eigenvalue weighted by atomic mass is 9.70. The molecule has 0 radical (unpaired) electrons. The first-order valence-electron chi connectivity index (χ1n) is 28.1. The Bertz CT molecular complexity index is 3510. The van der Waals surface area contributed by atoms with Crippen molar-refractivity contribution in [1.29, 1.82) is 0 Å². The van der Waals surface area contributed by atoms with Crippen LogP contribution >= 0.6 is 0 Å². The number of rotatable bonds is 18. The molecule has 8 aromatic carbocycles. The SMILES string of the molecule is CCCCCCCCC1(CCCCCCCC)c2ccccc2-c2ccc(-c3ccc4c(c3)C(C)(C)c3cc(-c5cc6c(c7c5oc5ccccc57)-c5ccc(Nc7ccccc7)cc5C6(C)C)ccc3-4)cc21. The summed E-state index contributed by atoms with van der Waals surface area (Å²) in [6.45, 7) is 14.3. The maximum absolute atomic E-state index is 6.98. The molecule has 0 aliphatic heterocycles. The molecule has 0 spiro atoms. The van der Waals surface area contributed by atoms with Crippen LogP contribution in [0.5, 0.6) is 0 Å². The zero-order chi connectivity index (χ0) is 49.9. The van der Waals surface area contributed by atoms with Gasteiger partial charge in [0.2, 0.25) is 0 Å². The van der Waals surface area contributed by atoms with E-state index in [1.54, 1.807) is 11.1 Å². The first-order valence-corrected chi connectivity index (χ1v) is 28.1. The molecular formula is C71H73NO. The third-order valence-electron chi connectivity index (χ3n) is 17.8. The quantitative estimate of drug-likeness (QED) is 0.0867. The van der Waals surface area contributed by atoms with Gasteiger partial charge in [-0.15, -0.1) is 0 Å². The molecule has 0 unspecified atom stereocenters. The number of hydrogen-bond acceptors (Lipinski definition) is 2. The van der Waals surface area contributed by atoms with Crippen molar-refractivity contribution in [2.75, 3.05) is 5.32 Å². The number of nitrogens with one attached hydrogen (secondary N) is 1. The van der Waals surface area contributed by atoms with E-state index in [1.165, 1.54) is 173 Å². The van der Waals surface area contributed by atoms with Crippen LogP contribution in [0.3, 0.4) is 0 Å². The van der Waals surface area contributed by atoms with Crippen molar-refractivity contribution >= 4 is 33.3 Å². The van der Waals surface area contributed by atoms with Gasteiger partial charge in [-0.2, -0.15) is 0 Å². The van der Waals surface area contributed by atoms with Gasteiger partial charge in [0.15, 0.2) is 0 Å². The van der Waals surface area contributed by atoms with Gasteiger partial charge in [-0.3, -0.25) is 0 Å². The van der Waals surface area contributed by atoms with Gasteiger partial charge in [-0.25, -0.2) is 0 Å². The minimum absolute atomic E-state index is 0.0589. The lowest BCUT2D eigenvalue weighted by molar-refractivity contribution is 0.398. The third-order valence-corrected chi connectivity index (χ3v) is 17.8. The Morgan fingerprint density at radius 2 is 0.904 bits per heavy atom. The van der Waals surface area contributed by atoms with E-state index in [-0.39, 0.29) is 16.2 Å². The molecule has 3 aliphatic carbocycles. The summed E-state index contributed by atoms with van der Waals surface area (Å²) < 4.78 is 6.98. The molecule has 1 N–H and O–H groups in total. The first kappa shape index (κ1) is 47.4. The number of unbranched alkanes of at least 4 members (excludes halogenated alkanes) is 10. The van der Waals surface area contributed by atoms with E-state index >= 15 is 0 Å². The molecule has 2 nitrogen and oxygen atoms in total. The Kier molecular flexibility index (Phi) is 12.3. The fraction of sp³-hybridized carbons (Fsp3) is 0.324. The van der Waals surface area contributed by atoms with E-state index < -0.39 is 0 Å². The second-order valence-electron chi connectivity index (χ2n) is 23.1. The van der Waals surface area contributed by atoms with Gasteiger partial charge in [0.1, 0.15) is 11.2 Å². The van der Waals surface area contributed by atoms with Gasteiger partial charge in [0.25, 0.3) is 0 Å². The fourth-order valence-electron chi connectivity index (χ4n) is 13.9. The zero-order valence-electron chi connectivity index (χ0n) is 44.3. The average molecular weight is 956 g/mol. The Morgan fingerprint density at radius 1 is 0.384 bits per heavy atom. The fourth-order valence-corrected chi connectivity index (χ4v) is 13.9. The van der Waals surface area contributed by atoms with Crippen molar-refractivity contribution in [3.05, 3.63) is 191 Å². The molecule has 3 aliphatic rings. The van der Waals surface area contributed by atoms with E-state index in [9.17, 15) is 0 Å². The first-order chi connectivity index (χ1) is 35.6. The van der Waals surface area contributed by atoms with Crippen LogP contribution in [0.2, 0.25) is 0 Å². The van der Waals surface area contributed by atoms with E-state index in [1.807, 2.05) is 0 Å². The molecule has 2 heteroatoms. The Morgan fingerprint density at radius 3 is 1.60 bits per heavy atom. The van der Waals surface area contributed by atoms with Crippen LogP contribution in [0, 0.1) is 0 Å². The van der Waals surface area contributed by atoms with Gasteiger partial charge < -0.3 is 9.73 Å². The predicted molar refractivity (Wildman–Crippen MR) is 312 cm³/mol. The van der Waals surface area contributed by atoms with Crippen molar-refractivity contribution < 1.29 is 4.42 Å². The largest absolute Gasteiger partial charge is 0.455 e. The smallest absolute Gasteiger partial charge is 0.143 e. The molecule has 73 heavy (non-hydrogen) atoms. The summed E-state index contributed by atoms with van der Waals surface area (Å²) >= 11 is 0. The lowest BCUT2D eigenvalue weighted by Gasteiger charge is -2.33. The van der Waals surface area contributed by atoms with Crippen LogP contribution in [0.15, 0.2) is 162 Å². The number of benzene rings is 8. The van der Waals surface area contributed by atoms with Crippen LogP contribution in [0.25, 0.3) is 77.6 Å². The number of furan rings is 1. The highest BCUT2D eigenvalue weighted by Crippen LogP contribution is 2.58. The maximum Gasteiger partial charge on any atom is 0.143 e. The van der Waals surface area contributed by atoms with Crippen LogP contribution < -0.4 is 5.32 Å². The van der Waals surface area contributed by atoms with Crippen LogP contribution in [-0.2, 0) is 16.2 Å². The molecule has 9 aromatic rings. The second-order valence-corrected chi connectivity index (χ2v) is 23.1. The summed E-state index contributed by atoms with van der Waals surface area (Å²) in [5, 5.41) is 6.06. The molecule has 0 fully saturated rings. The van der Waals surface area contributed by atoms with Gasteiger partial charge in [0.05, 0.1) is 0 Å². The molecule has 1 heterocycles. The minimum Gasteiger partial charge on any atom is -0.455 e. The molecule has 0 atom stereocenters. The Balaban J connectivity index is 0.906. The van der Waals surface area contributed by atoms with Crippen molar-refractivity contribution in [1.82, 2.24) is 0 Å². The Hall–Kier alpha value is -6.64. The maximum atomic E-state index is 6.98. The third kappa shape index (κ3) is 7.98. The number of para-hydroxylation sites is 2. The summed E-state index contributed by atoms with van der Waals surface area (Å²) in [6.07, 6.45) is 18.4. The lowest BCUT2D eigenvalue weighted by Crippen LogP contribution is -2.25. The molecule has 0 bridgehead atoms. The molecule has 1 aromatic heterocycles. The summed E-state index contributed by atoms with van der Waals surface area (Å²) in [4.78, 5) is 0. The summed E-state index contributed by atoms with van der Waals surface area (Å²) in [7, 11) is 0. The van der Waals surface area contributed by atoms with E-state index in [2.05, 4.69) is 205 Å². The van der Waals surface area contributed by atoms with Crippen molar-refractivity contribution in [3.8, 4) is 55.6 Å². The Labute approximate surface area is 435 Å². The molecule has 0 amide bonds. The summed E-state index contributed by atoms with van der Waals surface area (Å²) in [5.74, 6) is 0. The van der Waals surface area contributed by atoms with Crippen LogP contribution in [0.4, 0.5) is 11.4 Å². The normalized spacial score (nSPS) is 15.0. The zero-order valence-corrected chi connectivity index (χ0v) is 44.3. The topological polar surface area (TPSA) is 25.2 Å². The molecule has 368 valence electrons. The highest BCUT2D eigenvalue weighted by molar-refractivity contribution is 6.19. The monoisotopic (exact) mass is 956 g/mol. The van der Waals surface area contributed by atoms with E-state index in [0.717, 1.165) is 28.1 Å². The van der Waals surface area contributed by atoms with Crippen molar-refractivity contribution in [2.24, 2.45) is 0 Å². The van der Waals surface area contributed by atoms with Crippen molar-refractivity contribution in [3.63, 3.8) is 0 Å². The van der Waals surface area contributed by atoms with Crippen LogP contribution in [-0.4, -0.2) is 0 Å². The van der Waals surface area contributed by atoms with Gasteiger partial charge in [0, 0.05) is 44.0 Å². The molecular weight excluding hydrogens is 883 g/mol. The second kappa shape index (κ2) is 19.0. The molecule has 0 saturated carbocycles. The number of fused-ring (bicyclic) bond motifs is 13. The predicted octanol–water partition coefficient (Wildman–Crippen LogP) is 21.0. The number of anilines is 2. The van der Waals surface area contributed by atoms with Gasteiger partial charge in [-0.05, 0) is 151 Å². The molecule has 0 saturated heterocycles. The van der Waals surface area contributed by atoms with E-state index in [4.69, 9.17) is 4.42 Å². The molecule has 12 rings (SSSR count). The highest BCUT2D eigenvalue weighted by Gasteiger charge is 2.43. The number of hydrogen-bond donors (Lipinski definition) is 1. The van der Waals surface area contributed by atoms with E-state index in [0.29, 0.717) is 0 Å². The summed E-state index contributed by atoms with van der Waals surface area (Å²) in [6, 6.07) is 60.1.